The Hall–Kier alpha value is -1.84. The summed E-state index contributed by atoms with van der Waals surface area (Å²) in [5.74, 6) is 1.17. The highest BCUT2D eigenvalue weighted by atomic mass is 35.5. The molecule has 0 amide bonds. The molecule has 1 fully saturated rings. The Morgan fingerprint density at radius 3 is 2.67 bits per heavy atom. The van der Waals surface area contributed by atoms with Crippen LogP contribution in [0.1, 0.15) is 47.2 Å². The van der Waals surface area contributed by atoms with Gasteiger partial charge in [0.1, 0.15) is 5.75 Å². The number of hydrogen-bond donors (Lipinski definition) is 0. The minimum absolute atomic E-state index is 0. The Balaban J connectivity index is 0.00000210. The molecule has 4 heteroatoms. The van der Waals surface area contributed by atoms with Gasteiger partial charge in [0.25, 0.3) is 0 Å². The molecule has 1 saturated heterocycles. The van der Waals surface area contributed by atoms with Gasteiger partial charge in [-0.2, -0.15) is 0 Å². The number of likely N-dealkylation sites (tertiary alicyclic amines) is 1. The summed E-state index contributed by atoms with van der Waals surface area (Å²) >= 11 is 0. The SMILES string of the molecule is COc1ccc2c(c1)CCC1(CCCCN1CCc1ccccc1)C2=O.Cl. The first-order valence-electron chi connectivity index (χ1n) is 9.74. The molecule has 1 spiro atoms. The molecule has 1 atom stereocenters. The number of methoxy groups -OCH3 is 1. The van der Waals surface area contributed by atoms with Crippen LogP contribution in [0.25, 0.3) is 0 Å². The molecule has 0 N–H and O–H groups in total. The van der Waals surface area contributed by atoms with Crippen molar-refractivity contribution in [3.63, 3.8) is 0 Å². The van der Waals surface area contributed by atoms with E-state index in [0.29, 0.717) is 5.78 Å². The van der Waals surface area contributed by atoms with Crippen LogP contribution in [0.5, 0.6) is 5.75 Å². The van der Waals surface area contributed by atoms with Gasteiger partial charge in [0.05, 0.1) is 12.6 Å². The standard InChI is InChI=1S/C23H27NO2.ClH/c1-26-20-9-10-21-19(17-20)11-14-23(22(21)25)13-5-6-15-24(23)16-12-18-7-3-2-4-8-18;/h2-4,7-10,17H,5-6,11-16H2,1H3;1H. The van der Waals surface area contributed by atoms with Gasteiger partial charge in [-0.1, -0.05) is 30.3 Å². The summed E-state index contributed by atoms with van der Waals surface area (Å²) in [6.45, 7) is 1.99. The van der Waals surface area contributed by atoms with Crippen LogP contribution in [-0.4, -0.2) is 36.4 Å². The van der Waals surface area contributed by atoms with Crippen LogP contribution in [-0.2, 0) is 12.8 Å². The molecule has 0 aromatic heterocycles. The number of aryl methyl sites for hydroxylation is 1. The lowest BCUT2D eigenvalue weighted by Crippen LogP contribution is -2.59. The Kier molecular flexibility index (Phi) is 6.23. The molecular weight excluding hydrogens is 358 g/mol. The second-order valence-corrected chi connectivity index (χ2v) is 7.56. The zero-order valence-electron chi connectivity index (χ0n) is 15.9. The first-order valence-corrected chi connectivity index (χ1v) is 9.74. The first kappa shape index (κ1) is 19.9. The molecule has 0 radical (unpaired) electrons. The summed E-state index contributed by atoms with van der Waals surface area (Å²) in [5, 5.41) is 0. The molecule has 2 aromatic rings. The van der Waals surface area contributed by atoms with Crippen LogP contribution in [0, 0.1) is 0 Å². The van der Waals surface area contributed by atoms with Gasteiger partial charge in [0.15, 0.2) is 5.78 Å². The molecule has 1 unspecified atom stereocenters. The number of hydrogen-bond acceptors (Lipinski definition) is 3. The van der Waals surface area contributed by atoms with E-state index in [9.17, 15) is 4.79 Å². The number of fused-ring (bicyclic) bond motifs is 1. The molecule has 1 heterocycles. The highest BCUT2D eigenvalue weighted by molar-refractivity contribution is 6.05. The average molecular weight is 386 g/mol. The normalized spacial score (nSPS) is 22.2. The second-order valence-electron chi connectivity index (χ2n) is 7.56. The van der Waals surface area contributed by atoms with Crippen LogP contribution >= 0.6 is 12.4 Å². The highest BCUT2D eigenvalue weighted by Crippen LogP contribution is 2.40. The second kappa shape index (κ2) is 8.45. The van der Waals surface area contributed by atoms with E-state index in [0.717, 1.165) is 62.1 Å². The van der Waals surface area contributed by atoms with Crippen LogP contribution in [0.4, 0.5) is 0 Å². The van der Waals surface area contributed by atoms with Gasteiger partial charge >= 0.3 is 0 Å². The van der Waals surface area contributed by atoms with Gasteiger partial charge in [-0.15, -0.1) is 12.4 Å². The number of rotatable bonds is 4. The minimum atomic E-state index is -0.297. The Morgan fingerprint density at radius 2 is 1.89 bits per heavy atom. The predicted molar refractivity (Wildman–Crippen MR) is 111 cm³/mol. The van der Waals surface area contributed by atoms with Gasteiger partial charge in [-0.25, -0.2) is 0 Å². The summed E-state index contributed by atoms with van der Waals surface area (Å²) in [6.07, 6.45) is 6.23. The number of nitrogens with zero attached hydrogens (tertiary/aromatic N) is 1. The van der Waals surface area contributed by atoms with E-state index in [-0.39, 0.29) is 17.9 Å². The minimum Gasteiger partial charge on any atom is -0.497 e. The van der Waals surface area contributed by atoms with Crippen molar-refractivity contribution in [3.05, 3.63) is 65.2 Å². The van der Waals surface area contributed by atoms with Crippen molar-refractivity contribution in [1.29, 1.82) is 0 Å². The van der Waals surface area contributed by atoms with Crippen molar-refractivity contribution in [2.45, 2.75) is 44.1 Å². The first-order chi connectivity index (χ1) is 12.7. The van der Waals surface area contributed by atoms with Crippen molar-refractivity contribution in [2.75, 3.05) is 20.2 Å². The van der Waals surface area contributed by atoms with Crippen LogP contribution in [0.2, 0.25) is 0 Å². The molecule has 2 aromatic carbocycles. The van der Waals surface area contributed by atoms with Crippen LogP contribution in [0.15, 0.2) is 48.5 Å². The molecule has 4 rings (SSSR count). The average Bonchev–Trinajstić information content (AvgIpc) is 2.70. The smallest absolute Gasteiger partial charge is 0.183 e. The maximum Gasteiger partial charge on any atom is 0.183 e. The number of ether oxygens (including phenoxy) is 1. The van der Waals surface area contributed by atoms with E-state index in [1.165, 1.54) is 12.0 Å². The number of benzene rings is 2. The van der Waals surface area contributed by atoms with Crippen molar-refractivity contribution < 1.29 is 9.53 Å². The molecule has 1 aliphatic carbocycles. The van der Waals surface area contributed by atoms with Gasteiger partial charge in [-0.3, -0.25) is 9.69 Å². The predicted octanol–water partition coefficient (Wildman–Crippen LogP) is 4.71. The Labute approximate surface area is 168 Å². The molecule has 2 aliphatic rings. The molecule has 27 heavy (non-hydrogen) atoms. The number of ketones is 1. The number of carbonyl (C=O) groups is 1. The summed E-state index contributed by atoms with van der Waals surface area (Å²) in [6, 6.07) is 16.5. The third-order valence-electron chi connectivity index (χ3n) is 6.17. The fourth-order valence-electron chi connectivity index (χ4n) is 4.70. The lowest BCUT2D eigenvalue weighted by Gasteiger charge is -2.48. The Morgan fingerprint density at radius 1 is 1.07 bits per heavy atom. The van der Waals surface area contributed by atoms with E-state index in [4.69, 9.17) is 4.74 Å². The molecule has 1 aliphatic heterocycles. The third kappa shape index (κ3) is 3.76. The fourth-order valence-corrected chi connectivity index (χ4v) is 4.70. The quantitative estimate of drug-likeness (QED) is 0.763. The van der Waals surface area contributed by atoms with Crippen LogP contribution in [0.3, 0.4) is 0 Å². The maximum absolute atomic E-state index is 13.5. The van der Waals surface area contributed by atoms with E-state index in [1.54, 1.807) is 7.11 Å². The number of Topliss-reactive ketones (excluding diaryl/α,β-unsaturated/α-hetero) is 1. The highest BCUT2D eigenvalue weighted by Gasteiger charge is 2.47. The van der Waals surface area contributed by atoms with Crippen LogP contribution < -0.4 is 4.74 Å². The van der Waals surface area contributed by atoms with Crippen molar-refractivity contribution >= 4 is 18.2 Å². The van der Waals surface area contributed by atoms with Crippen molar-refractivity contribution in [1.82, 2.24) is 4.90 Å². The van der Waals surface area contributed by atoms with Gasteiger partial charge in [0, 0.05) is 12.1 Å². The summed E-state index contributed by atoms with van der Waals surface area (Å²) in [4.78, 5) is 16.0. The third-order valence-corrected chi connectivity index (χ3v) is 6.17. The van der Waals surface area contributed by atoms with E-state index in [1.807, 2.05) is 18.2 Å². The zero-order valence-corrected chi connectivity index (χ0v) is 16.8. The molecular formula is C23H28ClNO2. The zero-order chi connectivity index (χ0) is 18.0. The number of carbonyl (C=O) groups excluding carboxylic acids is 1. The number of piperidine rings is 1. The molecule has 0 saturated carbocycles. The van der Waals surface area contributed by atoms with Gasteiger partial charge < -0.3 is 4.74 Å². The van der Waals surface area contributed by atoms with Gasteiger partial charge in [0.2, 0.25) is 0 Å². The van der Waals surface area contributed by atoms with E-state index >= 15 is 0 Å². The van der Waals surface area contributed by atoms with E-state index < -0.39 is 0 Å². The summed E-state index contributed by atoms with van der Waals surface area (Å²) in [5.41, 5.74) is 3.10. The topological polar surface area (TPSA) is 29.5 Å². The molecule has 0 bridgehead atoms. The van der Waals surface area contributed by atoms with Crippen molar-refractivity contribution in [3.8, 4) is 5.75 Å². The van der Waals surface area contributed by atoms with Crippen molar-refractivity contribution in [2.24, 2.45) is 0 Å². The lowest BCUT2D eigenvalue weighted by atomic mass is 9.71. The largest absolute Gasteiger partial charge is 0.497 e. The molecule has 3 nitrogen and oxygen atoms in total. The van der Waals surface area contributed by atoms with E-state index in [2.05, 4.69) is 35.2 Å². The Bertz CT molecular complexity index is 792. The number of halogens is 1. The van der Waals surface area contributed by atoms with Gasteiger partial charge in [-0.05, 0) is 74.4 Å². The fraction of sp³-hybridized carbons (Fsp3) is 0.435. The lowest BCUT2D eigenvalue weighted by molar-refractivity contribution is 0.0298. The maximum atomic E-state index is 13.5. The summed E-state index contributed by atoms with van der Waals surface area (Å²) in [7, 11) is 1.68. The summed E-state index contributed by atoms with van der Waals surface area (Å²) < 4.78 is 5.34. The monoisotopic (exact) mass is 385 g/mol. The molecule has 144 valence electrons.